The first-order valence-corrected chi connectivity index (χ1v) is 12.1. The zero-order valence-electron chi connectivity index (χ0n) is 18.9. The fourth-order valence-corrected chi connectivity index (χ4v) is 5.20. The molecular formula is C25H27Cl2N3O4. The Bertz CT molecular complexity index is 1120. The molecule has 2 fully saturated rings. The second kappa shape index (κ2) is 10.3. The van der Waals surface area contributed by atoms with E-state index in [4.69, 9.17) is 23.2 Å². The monoisotopic (exact) mass is 503 g/mol. The average molecular weight is 504 g/mol. The van der Waals surface area contributed by atoms with E-state index in [1.807, 2.05) is 19.1 Å². The number of amides is 2. The van der Waals surface area contributed by atoms with Crippen molar-refractivity contribution in [2.24, 2.45) is 0 Å². The first kappa shape index (κ1) is 24.5. The topological polar surface area (TPSA) is 90.0 Å². The van der Waals surface area contributed by atoms with Gasteiger partial charge in [0.05, 0.1) is 5.56 Å². The van der Waals surface area contributed by atoms with Crippen molar-refractivity contribution in [3.63, 3.8) is 0 Å². The van der Waals surface area contributed by atoms with E-state index in [2.05, 4.69) is 16.3 Å². The molecule has 1 atom stereocenters. The molecule has 0 unspecified atom stereocenters. The highest BCUT2D eigenvalue weighted by Crippen LogP contribution is 2.29. The molecule has 180 valence electrons. The molecular weight excluding hydrogens is 477 g/mol. The van der Waals surface area contributed by atoms with E-state index in [-0.39, 0.29) is 28.4 Å². The van der Waals surface area contributed by atoms with E-state index in [9.17, 15) is 19.5 Å². The molecule has 0 aliphatic carbocycles. The summed E-state index contributed by atoms with van der Waals surface area (Å²) in [6, 6.07) is 9.68. The number of nitrogens with one attached hydrogen (secondary N) is 1. The van der Waals surface area contributed by atoms with E-state index >= 15 is 0 Å². The summed E-state index contributed by atoms with van der Waals surface area (Å²) in [5.41, 5.74) is 2.56. The van der Waals surface area contributed by atoms with E-state index < -0.39 is 12.0 Å². The van der Waals surface area contributed by atoms with Crippen molar-refractivity contribution in [1.82, 2.24) is 9.80 Å². The molecule has 2 saturated heterocycles. The molecule has 0 spiro atoms. The molecule has 34 heavy (non-hydrogen) atoms. The number of rotatable bonds is 6. The fourth-order valence-electron chi connectivity index (χ4n) is 4.85. The standard InChI is InChI=1S/C25H27Cl2N3O4/c1-15-10-16(2-3-21(15)27)14-29-8-6-20(7-9-29)30-22(4-5-23(30)31)24(32)28-19-12-17(25(33)34)11-18(26)13-19/h2-3,10-13,20,22H,4-9,14H2,1H3,(H,28,32)(H,33,34)/t22-/m1/s1. The summed E-state index contributed by atoms with van der Waals surface area (Å²) < 4.78 is 0. The van der Waals surface area contributed by atoms with Gasteiger partial charge in [-0.25, -0.2) is 4.79 Å². The first-order valence-electron chi connectivity index (χ1n) is 11.3. The van der Waals surface area contributed by atoms with Crippen molar-refractivity contribution in [2.45, 2.75) is 51.2 Å². The van der Waals surface area contributed by atoms with Crippen molar-refractivity contribution in [3.8, 4) is 0 Å². The SMILES string of the molecule is Cc1cc(CN2CCC(N3C(=O)CC[C@@H]3C(=O)Nc3cc(Cl)cc(C(=O)O)c3)CC2)ccc1Cl. The van der Waals surface area contributed by atoms with Gasteiger partial charge in [0.1, 0.15) is 6.04 Å². The Morgan fingerprint density at radius 3 is 2.50 bits per heavy atom. The second-order valence-electron chi connectivity index (χ2n) is 8.97. The Kier molecular flexibility index (Phi) is 7.45. The maximum atomic E-state index is 13.1. The van der Waals surface area contributed by atoms with Gasteiger partial charge < -0.3 is 15.3 Å². The van der Waals surface area contributed by atoms with Gasteiger partial charge in [0.2, 0.25) is 11.8 Å². The van der Waals surface area contributed by atoms with Crippen molar-refractivity contribution >= 4 is 46.7 Å². The normalized spacial score (nSPS) is 19.4. The van der Waals surface area contributed by atoms with Gasteiger partial charge >= 0.3 is 5.97 Å². The lowest BCUT2D eigenvalue weighted by Crippen LogP contribution is -2.51. The molecule has 0 saturated carbocycles. The van der Waals surface area contributed by atoms with Gasteiger partial charge in [-0.1, -0.05) is 35.3 Å². The highest BCUT2D eigenvalue weighted by atomic mass is 35.5. The fraction of sp³-hybridized carbons (Fsp3) is 0.400. The summed E-state index contributed by atoms with van der Waals surface area (Å²) in [5, 5.41) is 13.0. The van der Waals surface area contributed by atoms with Crippen LogP contribution >= 0.6 is 23.2 Å². The number of halogens is 2. The van der Waals surface area contributed by atoms with Crippen LogP contribution in [0.1, 0.15) is 47.2 Å². The van der Waals surface area contributed by atoms with Gasteiger partial charge in [-0.05, 0) is 61.6 Å². The third-order valence-corrected chi connectivity index (χ3v) is 7.19. The molecule has 7 nitrogen and oxygen atoms in total. The van der Waals surface area contributed by atoms with E-state index in [0.29, 0.717) is 18.5 Å². The Morgan fingerprint density at radius 1 is 1.09 bits per heavy atom. The van der Waals surface area contributed by atoms with Gasteiger partial charge in [-0.15, -0.1) is 0 Å². The quantitative estimate of drug-likeness (QED) is 0.601. The zero-order valence-corrected chi connectivity index (χ0v) is 20.4. The molecule has 0 bridgehead atoms. The Balaban J connectivity index is 1.39. The van der Waals surface area contributed by atoms with Gasteiger partial charge in [0.25, 0.3) is 0 Å². The van der Waals surface area contributed by atoms with Crippen LogP contribution < -0.4 is 5.32 Å². The number of aryl methyl sites for hydroxylation is 1. The summed E-state index contributed by atoms with van der Waals surface area (Å²) in [6.07, 6.45) is 2.37. The van der Waals surface area contributed by atoms with Crippen LogP contribution in [0.15, 0.2) is 36.4 Å². The van der Waals surface area contributed by atoms with E-state index in [1.54, 1.807) is 4.90 Å². The number of nitrogens with zero attached hydrogens (tertiary/aromatic N) is 2. The second-order valence-corrected chi connectivity index (χ2v) is 9.81. The molecule has 2 N–H and O–H groups in total. The van der Waals surface area contributed by atoms with Crippen molar-refractivity contribution in [2.75, 3.05) is 18.4 Å². The highest BCUT2D eigenvalue weighted by molar-refractivity contribution is 6.31. The molecule has 4 rings (SSSR count). The average Bonchev–Trinajstić information content (AvgIpc) is 3.18. The summed E-state index contributed by atoms with van der Waals surface area (Å²) in [7, 11) is 0. The number of hydrogen-bond acceptors (Lipinski definition) is 4. The molecule has 2 heterocycles. The van der Waals surface area contributed by atoms with Gasteiger partial charge in [0, 0.05) is 47.8 Å². The third kappa shape index (κ3) is 5.54. The van der Waals surface area contributed by atoms with Crippen LogP contribution in [0.2, 0.25) is 10.0 Å². The van der Waals surface area contributed by atoms with Crippen LogP contribution in [-0.4, -0.2) is 57.9 Å². The number of carboxylic acid groups (broad SMARTS) is 1. The minimum Gasteiger partial charge on any atom is -0.478 e. The van der Waals surface area contributed by atoms with Crippen molar-refractivity contribution in [3.05, 3.63) is 63.1 Å². The highest BCUT2D eigenvalue weighted by Gasteiger charge is 2.41. The van der Waals surface area contributed by atoms with Gasteiger partial charge in [0.15, 0.2) is 0 Å². The Labute approximate surface area is 208 Å². The van der Waals surface area contributed by atoms with Crippen molar-refractivity contribution in [1.29, 1.82) is 0 Å². The largest absolute Gasteiger partial charge is 0.478 e. The van der Waals surface area contributed by atoms with Crippen LogP contribution in [0.5, 0.6) is 0 Å². The summed E-state index contributed by atoms with van der Waals surface area (Å²) in [5.74, 6) is -1.45. The van der Waals surface area contributed by atoms with Crippen LogP contribution in [0, 0.1) is 6.92 Å². The zero-order chi connectivity index (χ0) is 24.4. The smallest absolute Gasteiger partial charge is 0.335 e. The van der Waals surface area contributed by atoms with E-state index in [1.165, 1.54) is 23.8 Å². The lowest BCUT2D eigenvalue weighted by Gasteiger charge is -2.39. The predicted octanol–water partition coefficient (Wildman–Crippen LogP) is 4.59. The number of aromatic carboxylic acids is 1. The summed E-state index contributed by atoms with van der Waals surface area (Å²) >= 11 is 12.1. The van der Waals surface area contributed by atoms with Gasteiger partial charge in [-0.2, -0.15) is 0 Å². The minimum absolute atomic E-state index is 0.00268. The molecule has 2 aliphatic rings. The number of hydrogen-bond donors (Lipinski definition) is 2. The molecule has 2 aromatic carbocycles. The maximum Gasteiger partial charge on any atom is 0.335 e. The summed E-state index contributed by atoms with van der Waals surface area (Å²) in [6.45, 7) is 4.48. The Hall–Kier alpha value is -2.61. The lowest BCUT2D eigenvalue weighted by molar-refractivity contribution is -0.136. The number of benzene rings is 2. The van der Waals surface area contributed by atoms with Crippen LogP contribution in [0.4, 0.5) is 5.69 Å². The number of carboxylic acids is 1. The Morgan fingerprint density at radius 2 is 1.82 bits per heavy atom. The first-order chi connectivity index (χ1) is 16.2. The van der Waals surface area contributed by atoms with Crippen LogP contribution in [0.3, 0.4) is 0 Å². The number of anilines is 1. The third-order valence-electron chi connectivity index (χ3n) is 6.55. The minimum atomic E-state index is -1.13. The maximum absolute atomic E-state index is 13.1. The number of piperidine rings is 1. The molecule has 2 amide bonds. The molecule has 2 aliphatic heterocycles. The number of carbonyl (C=O) groups is 3. The van der Waals surface area contributed by atoms with Crippen molar-refractivity contribution < 1.29 is 19.5 Å². The molecule has 9 heteroatoms. The van der Waals surface area contributed by atoms with E-state index in [0.717, 1.165) is 43.1 Å². The number of likely N-dealkylation sites (tertiary alicyclic amines) is 2. The molecule has 0 aromatic heterocycles. The molecule has 0 radical (unpaired) electrons. The van der Waals surface area contributed by atoms with Gasteiger partial charge in [-0.3, -0.25) is 14.5 Å². The molecule has 2 aromatic rings. The van der Waals surface area contributed by atoms with Crippen LogP contribution in [0.25, 0.3) is 0 Å². The summed E-state index contributed by atoms with van der Waals surface area (Å²) in [4.78, 5) is 41.1. The van der Waals surface area contributed by atoms with Crippen LogP contribution in [-0.2, 0) is 16.1 Å². The predicted molar refractivity (Wildman–Crippen MR) is 131 cm³/mol. The number of carbonyl (C=O) groups excluding carboxylic acids is 2. The lowest BCUT2D eigenvalue weighted by atomic mass is 10.0.